The second-order valence-electron chi connectivity index (χ2n) is 7.73. The van der Waals surface area contributed by atoms with Crippen LogP contribution in [0.2, 0.25) is 0 Å². The van der Waals surface area contributed by atoms with Gasteiger partial charge in [0.05, 0.1) is 18.7 Å². The Balaban J connectivity index is 1.73. The van der Waals surface area contributed by atoms with Crippen molar-refractivity contribution >= 4 is 6.03 Å². The van der Waals surface area contributed by atoms with Crippen molar-refractivity contribution in [2.75, 3.05) is 6.61 Å². The largest absolute Gasteiger partial charge is 0.394 e. The Morgan fingerprint density at radius 3 is 2.52 bits per heavy atom. The number of carbonyl (C=O) groups is 1. The number of aliphatic hydroxyl groups excluding tert-OH is 1. The second-order valence-corrected chi connectivity index (χ2v) is 7.73. The third-order valence-electron chi connectivity index (χ3n) is 5.45. The van der Waals surface area contributed by atoms with E-state index in [1.165, 1.54) is 30.6 Å². The van der Waals surface area contributed by atoms with Crippen molar-refractivity contribution < 1.29 is 9.90 Å². The molecule has 1 aromatic rings. The number of hydrogen-bond donors (Lipinski definition) is 2. The van der Waals surface area contributed by atoms with Crippen molar-refractivity contribution in [1.29, 1.82) is 5.26 Å². The van der Waals surface area contributed by atoms with Crippen LogP contribution in [0.25, 0.3) is 0 Å². The summed E-state index contributed by atoms with van der Waals surface area (Å²) in [6.07, 6.45) is 4.95. The number of benzene rings is 1. The van der Waals surface area contributed by atoms with E-state index < -0.39 is 6.04 Å². The Labute approximate surface area is 161 Å². The highest BCUT2D eigenvalue weighted by Crippen LogP contribution is 2.40. The van der Waals surface area contributed by atoms with E-state index in [2.05, 4.69) is 23.2 Å². The number of nitrogens with one attached hydrogen (secondary N) is 1. The van der Waals surface area contributed by atoms with Crippen LogP contribution >= 0.6 is 0 Å². The summed E-state index contributed by atoms with van der Waals surface area (Å²) >= 11 is 0. The maximum absolute atomic E-state index is 12.4. The number of carbonyl (C=O) groups excluding carboxylic acids is 1. The van der Waals surface area contributed by atoms with Crippen molar-refractivity contribution in [3.8, 4) is 17.9 Å². The first-order chi connectivity index (χ1) is 13.0. The molecule has 27 heavy (non-hydrogen) atoms. The molecule has 0 aromatic heterocycles. The summed E-state index contributed by atoms with van der Waals surface area (Å²) in [5.74, 6) is 6.93. The molecule has 2 N–H and O–H groups in total. The molecule has 0 unspecified atom stereocenters. The van der Waals surface area contributed by atoms with Crippen molar-refractivity contribution in [1.82, 2.24) is 10.2 Å². The highest BCUT2D eigenvalue weighted by Gasteiger charge is 2.51. The van der Waals surface area contributed by atoms with Gasteiger partial charge in [-0.05, 0) is 44.4 Å². The molecule has 3 rings (SSSR count). The van der Waals surface area contributed by atoms with E-state index in [9.17, 15) is 15.2 Å². The minimum absolute atomic E-state index is 0.0204. The van der Waals surface area contributed by atoms with Crippen LogP contribution in [0.4, 0.5) is 4.79 Å². The maximum Gasteiger partial charge on any atom is 0.319 e. The summed E-state index contributed by atoms with van der Waals surface area (Å²) in [5.41, 5.74) is 1.93. The minimum atomic E-state index is -0.573. The van der Waals surface area contributed by atoms with Crippen molar-refractivity contribution in [2.45, 2.75) is 63.6 Å². The average molecular weight is 365 g/mol. The molecule has 1 aliphatic carbocycles. The third-order valence-corrected chi connectivity index (χ3v) is 5.45. The number of amides is 2. The third kappa shape index (κ3) is 4.10. The number of hydrogen-bond acceptors (Lipinski definition) is 3. The number of rotatable bonds is 3. The molecule has 1 saturated carbocycles. The Hall–Kier alpha value is -2.50. The lowest BCUT2D eigenvalue weighted by Crippen LogP contribution is -2.67. The molecular weight excluding hydrogens is 338 g/mol. The molecule has 5 heteroatoms. The molecule has 2 amide bonds. The van der Waals surface area contributed by atoms with E-state index >= 15 is 0 Å². The molecule has 1 aliphatic heterocycles. The molecule has 0 spiro atoms. The van der Waals surface area contributed by atoms with Crippen LogP contribution in [-0.4, -0.2) is 40.8 Å². The average Bonchev–Trinajstić information content (AvgIpc) is 3.14. The van der Waals surface area contributed by atoms with Crippen molar-refractivity contribution in [3.05, 3.63) is 35.4 Å². The predicted octanol–water partition coefficient (Wildman–Crippen LogP) is 3.00. The van der Waals surface area contributed by atoms with E-state index in [4.69, 9.17) is 0 Å². The molecule has 1 heterocycles. The standard InChI is InChI=1S/C22H27N3O2/c1-15(2)24-22(27)25-19(13-23)21(20(25)14-26)18-11-9-17(10-12-18)8-7-16-5-3-4-6-16/h9-12,15-16,19-21,26H,3-6,14H2,1-2H3,(H,24,27)/t19-,20-,21-/m1/s1. The zero-order chi connectivity index (χ0) is 19.4. The van der Waals surface area contributed by atoms with Crippen LogP contribution in [0, 0.1) is 29.1 Å². The maximum atomic E-state index is 12.4. The summed E-state index contributed by atoms with van der Waals surface area (Å²) in [5, 5.41) is 22.2. The number of urea groups is 1. The first-order valence-corrected chi connectivity index (χ1v) is 9.76. The molecule has 1 saturated heterocycles. The van der Waals surface area contributed by atoms with Crippen LogP contribution in [0.3, 0.4) is 0 Å². The lowest BCUT2D eigenvalue weighted by atomic mass is 9.76. The topological polar surface area (TPSA) is 76.4 Å². The molecular formula is C22H27N3O2. The SMILES string of the molecule is CC(C)NC(=O)N1[C@H](C#N)[C@@H](c2ccc(C#CC3CCCC3)cc2)[C@H]1CO. The fourth-order valence-corrected chi connectivity index (χ4v) is 4.05. The summed E-state index contributed by atoms with van der Waals surface area (Å²) in [6, 6.07) is 8.81. The Morgan fingerprint density at radius 1 is 1.30 bits per heavy atom. The van der Waals surface area contributed by atoms with Crippen LogP contribution in [0.1, 0.15) is 56.6 Å². The molecule has 5 nitrogen and oxygen atoms in total. The quantitative estimate of drug-likeness (QED) is 0.809. The highest BCUT2D eigenvalue weighted by atomic mass is 16.3. The lowest BCUT2D eigenvalue weighted by Gasteiger charge is -2.51. The van der Waals surface area contributed by atoms with E-state index in [1.54, 1.807) is 0 Å². The number of aliphatic hydroxyl groups is 1. The number of nitriles is 1. The first kappa shape index (κ1) is 19.3. The Bertz CT molecular complexity index is 763. The normalized spacial score (nSPS) is 24.7. The van der Waals surface area contributed by atoms with Gasteiger partial charge in [-0.2, -0.15) is 5.26 Å². The molecule has 0 bridgehead atoms. The van der Waals surface area contributed by atoms with Crippen LogP contribution in [0.15, 0.2) is 24.3 Å². The predicted molar refractivity (Wildman–Crippen MR) is 104 cm³/mol. The Morgan fingerprint density at radius 2 is 1.96 bits per heavy atom. The zero-order valence-corrected chi connectivity index (χ0v) is 16.0. The van der Waals surface area contributed by atoms with Crippen LogP contribution < -0.4 is 5.32 Å². The molecule has 2 aliphatic rings. The van der Waals surface area contributed by atoms with Crippen LogP contribution in [-0.2, 0) is 0 Å². The van der Waals surface area contributed by atoms with Gasteiger partial charge in [-0.3, -0.25) is 0 Å². The monoisotopic (exact) mass is 365 g/mol. The fraction of sp³-hybridized carbons (Fsp3) is 0.545. The van der Waals surface area contributed by atoms with Gasteiger partial charge >= 0.3 is 6.03 Å². The van der Waals surface area contributed by atoms with Gasteiger partial charge in [0, 0.05) is 23.4 Å². The molecule has 142 valence electrons. The van der Waals surface area contributed by atoms with Gasteiger partial charge in [-0.15, -0.1) is 0 Å². The summed E-state index contributed by atoms with van der Waals surface area (Å²) < 4.78 is 0. The smallest absolute Gasteiger partial charge is 0.319 e. The second kappa shape index (κ2) is 8.46. The highest BCUT2D eigenvalue weighted by molar-refractivity contribution is 5.77. The number of likely N-dealkylation sites (tertiary alicyclic amines) is 1. The van der Waals surface area contributed by atoms with Gasteiger partial charge in [-0.1, -0.05) is 36.8 Å². The molecule has 1 aromatic carbocycles. The minimum Gasteiger partial charge on any atom is -0.394 e. The summed E-state index contributed by atoms with van der Waals surface area (Å²) in [6.45, 7) is 3.57. The molecule has 3 atom stereocenters. The summed E-state index contributed by atoms with van der Waals surface area (Å²) in [4.78, 5) is 13.8. The van der Waals surface area contributed by atoms with Gasteiger partial charge in [0.15, 0.2) is 0 Å². The Kier molecular flexibility index (Phi) is 6.04. The van der Waals surface area contributed by atoms with Crippen LogP contribution in [0.5, 0.6) is 0 Å². The zero-order valence-electron chi connectivity index (χ0n) is 16.0. The van der Waals surface area contributed by atoms with Gasteiger partial charge in [-0.25, -0.2) is 4.79 Å². The van der Waals surface area contributed by atoms with Crippen molar-refractivity contribution in [2.24, 2.45) is 5.92 Å². The molecule has 2 fully saturated rings. The van der Waals surface area contributed by atoms with Gasteiger partial charge < -0.3 is 15.3 Å². The number of nitrogens with zero attached hydrogens (tertiary/aromatic N) is 2. The fourth-order valence-electron chi connectivity index (χ4n) is 4.05. The van der Waals surface area contributed by atoms with E-state index in [0.29, 0.717) is 5.92 Å². The first-order valence-electron chi connectivity index (χ1n) is 9.76. The van der Waals surface area contributed by atoms with Crippen molar-refractivity contribution in [3.63, 3.8) is 0 Å². The van der Waals surface area contributed by atoms with Gasteiger partial charge in [0.2, 0.25) is 0 Å². The van der Waals surface area contributed by atoms with E-state index in [1.807, 2.05) is 38.1 Å². The van der Waals surface area contributed by atoms with E-state index in [0.717, 1.165) is 11.1 Å². The summed E-state index contributed by atoms with van der Waals surface area (Å²) in [7, 11) is 0. The van der Waals surface area contributed by atoms with Gasteiger partial charge in [0.1, 0.15) is 6.04 Å². The molecule has 0 radical (unpaired) electrons. The van der Waals surface area contributed by atoms with Gasteiger partial charge in [0.25, 0.3) is 0 Å². The van der Waals surface area contributed by atoms with E-state index in [-0.39, 0.29) is 30.6 Å². The lowest BCUT2D eigenvalue weighted by molar-refractivity contribution is 0.0162.